The fraction of sp³-hybridized carbons (Fsp3) is 0.381. The topological polar surface area (TPSA) is 78.5 Å². The van der Waals surface area contributed by atoms with Gasteiger partial charge in [0, 0.05) is 41.9 Å². The summed E-state index contributed by atoms with van der Waals surface area (Å²) in [6.07, 6.45) is 1.10. The molecule has 2 N–H and O–H groups in total. The van der Waals surface area contributed by atoms with Gasteiger partial charge in [-0.25, -0.2) is 13.1 Å². The molecule has 8 heteroatoms. The van der Waals surface area contributed by atoms with Gasteiger partial charge in [0.1, 0.15) is 0 Å². The average molecular weight is 434 g/mol. The first kappa shape index (κ1) is 21.7. The molecule has 1 atom stereocenters. The molecule has 1 heterocycles. The van der Waals surface area contributed by atoms with Crippen molar-refractivity contribution in [3.05, 3.63) is 48.5 Å². The summed E-state index contributed by atoms with van der Waals surface area (Å²) < 4.78 is 28.1. The zero-order valence-electron chi connectivity index (χ0n) is 16.7. The van der Waals surface area contributed by atoms with Gasteiger partial charge in [-0.2, -0.15) is 0 Å². The van der Waals surface area contributed by atoms with E-state index in [1.54, 1.807) is 30.0 Å². The van der Waals surface area contributed by atoms with Crippen LogP contribution in [0.25, 0.3) is 0 Å². The van der Waals surface area contributed by atoms with Gasteiger partial charge in [-0.3, -0.25) is 4.79 Å². The van der Waals surface area contributed by atoms with E-state index in [-0.39, 0.29) is 16.1 Å². The van der Waals surface area contributed by atoms with Gasteiger partial charge in [0.15, 0.2) is 0 Å². The molecular formula is C21H27N3O3S2. The third-order valence-electron chi connectivity index (χ3n) is 4.74. The maximum absolute atomic E-state index is 12.7. The summed E-state index contributed by atoms with van der Waals surface area (Å²) in [6, 6.07) is 15.0. The number of nitrogens with one attached hydrogen (secondary N) is 2. The lowest BCUT2D eigenvalue weighted by molar-refractivity contribution is -0.116. The number of nitrogens with zero attached hydrogens (tertiary/aromatic N) is 1. The van der Waals surface area contributed by atoms with Crippen LogP contribution in [0.15, 0.2) is 58.3 Å². The first-order valence-electron chi connectivity index (χ1n) is 9.79. The minimum absolute atomic E-state index is 0.0909. The summed E-state index contributed by atoms with van der Waals surface area (Å²) in [4.78, 5) is 15.2. The molecule has 1 amide bonds. The molecule has 0 aromatic heterocycles. The fourth-order valence-electron chi connectivity index (χ4n) is 3.27. The Morgan fingerprint density at radius 1 is 1.21 bits per heavy atom. The van der Waals surface area contributed by atoms with Gasteiger partial charge >= 0.3 is 0 Å². The van der Waals surface area contributed by atoms with Crippen LogP contribution >= 0.6 is 11.8 Å². The Hall–Kier alpha value is -2.03. The second-order valence-corrected chi connectivity index (χ2v) is 10.3. The van der Waals surface area contributed by atoms with Crippen LogP contribution in [0, 0.1) is 0 Å². The lowest BCUT2D eigenvalue weighted by Crippen LogP contribution is -2.30. The molecule has 0 radical (unpaired) electrons. The van der Waals surface area contributed by atoms with Crippen LogP contribution in [0.3, 0.4) is 0 Å². The molecule has 0 saturated carbocycles. The summed E-state index contributed by atoms with van der Waals surface area (Å²) in [6.45, 7) is 6.04. The van der Waals surface area contributed by atoms with E-state index in [1.165, 1.54) is 0 Å². The third kappa shape index (κ3) is 5.74. The average Bonchev–Trinajstić information content (AvgIpc) is 2.84. The molecule has 0 aliphatic carbocycles. The van der Waals surface area contributed by atoms with E-state index in [1.807, 2.05) is 25.1 Å². The Morgan fingerprint density at radius 3 is 2.69 bits per heavy atom. The second kappa shape index (κ2) is 9.65. The minimum Gasteiger partial charge on any atom is -0.372 e. The smallest absolute Gasteiger partial charge is 0.240 e. The Labute approximate surface area is 177 Å². The van der Waals surface area contributed by atoms with Crippen LogP contribution in [0.4, 0.5) is 11.4 Å². The van der Waals surface area contributed by atoms with E-state index in [0.717, 1.165) is 23.7 Å². The van der Waals surface area contributed by atoms with Crippen LogP contribution in [0.2, 0.25) is 0 Å². The van der Waals surface area contributed by atoms with Crippen LogP contribution < -0.4 is 14.9 Å². The summed E-state index contributed by atoms with van der Waals surface area (Å²) in [5, 5.41) is 2.97. The number of sulfonamides is 1. The van der Waals surface area contributed by atoms with Crippen molar-refractivity contribution in [2.45, 2.75) is 41.7 Å². The number of thioether (sulfide) groups is 1. The quantitative estimate of drug-likeness (QED) is 0.621. The van der Waals surface area contributed by atoms with Crippen molar-refractivity contribution in [1.29, 1.82) is 0 Å². The highest BCUT2D eigenvalue weighted by Gasteiger charge is 2.22. The van der Waals surface area contributed by atoms with Crippen molar-refractivity contribution in [2.24, 2.45) is 0 Å². The van der Waals surface area contributed by atoms with Gasteiger partial charge in [-0.1, -0.05) is 25.1 Å². The largest absolute Gasteiger partial charge is 0.372 e. The fourth-order valence-corrected chi connectivity index (χ4v) is 5.42. The van der Waals surface area contributed by atoms with Crippen LogP contribution in [-0.4, -0.2) is 39.2 Å². The summed E-state index contributed by atoms with van der Waals surface area (Å²) in [5.41, 5.74) is 1.69. The Balaban J connectivity index is 1.61. The minimum atomic E-state index is -3.64. The van der Waals surface area contributed by atoms with Gasteiger partial charge in [0.05, 0.1) is 10.6 Å². The molecule has 2 aromatic rings. The number of fused-ring (bicyclic) bond motifs is 1. The first-order chi connectivity index (χ1) is 13.9. The molecule has 2 aromatic carbocycles. The Bertz CT molecular complexity index is 949. The van der Waals surface area contributed by atoms with E-state index in [4.69, 9.17) is 0 Å². The summed E-state index contributed by atoms with van der Waals surface area (Å²) in [5.74, 6) is -0.0909. The van der Waals surface area contributed by atoms with Crippen LogP contribution in [-0.2, 0) is 14.8 Å². The number of para-hydroxylation sites is 1. The second-order valence-electron chi connectivity index (χ2n) is 7.01. The van der Waals surface area contributed by atoms with Gasteiger partial charge in [-0.05, 0) is 43.7 Å². The Kier molecular flexibility index (Phi) is 7.21. The zero-order valence-corrected chi connectivity index (χ0v) is 18.4. The number of carbonyl (C=O) groups is 1. The normalized spacial score (nSPS) is 16.6. The van der Waals surface area contributed by atoms with Crippen LogP contribution in [0.5, 0.6) is 0 Å². The van der Waals surface area contributed by atoms with Crippen molar-refractivity contribution in [3.8, 4) is 0 Å². The van der Waals surface area contributed by atoms with Crippen molar-refractivity contribution in [2.75, 3.05) is 29.9 Å². The van der Waals surface area contributed by atoms with Crippen molar-refractivity contribution < 1.29 is 13.2 Å². The van der Waals surface area contributed by atoms with E-state index in [2.05, 4.69) is 34.0 Å². The molecule has 0 fully saturated rings. The van der Waals surface area contributed by atoms with Gasteiger partial charge in [0.2, 0.25) is 15.9 Å². The predicted molar refractivity (Wildman–Crippen MR) is 119 cm³/mol. The maximum Gasteiger partial charge on any atom is 0.240 e. The Morgan fingerprint density at radius 2 is 1.97 bits per heavy atom. The van der Waals surface area contributed by atoms with Crippen molar-refractivity contribution in [1.82, 2.24) is 4.72 Å². The van der Waals surface area contributed by atoms with Crippen LogP contribution in [0.1, 0.15) is 26.7 Å². The number of rotatable bonds is 8. The number of carbonyl (C=O) groups excluding carboxylic acids is 1. The lowest BCUT2D eigenvalue weighted by Gasteiger charge is -2.23. The molecule has 156 valence electrons. The molecule has 29 heavy (non-hydrogen) atoms. The monoisotopic (exact) mass is 433 g/mol. The number of hydrogen-bond acceptors (Lipinski definition) is 5. The van der Waals surface area contributed by atoms with Gasteiger partial charge < -0.3 is 10.2 Å². The standard InChI is InChI=1S/C21H27N3O3S2/c1-3-24(17-8-5-4-6-9-17)13-7-12-22-29(26,27)18-10-11-20-19(15-18)23-21(25)14-16(2)28-20/h4-6,8-11,15-16,22H,3,7,12-14H2,1-2H3,(H,23,25)/t16-/m1/s1. The van der Waals surface area contributed by atoms with Crippen molar-refractivity contribution >= 4 is 39.1 Å². The number of amides is 1. The van der Waals surface area contributed by atoms with E-state index < -0.39 is 10.0 Å². The number of hydrogen-bond donors (Lipinski definition) is 2. The highest BCUT2D eigenvalue weighted by molar-refractivity contribution is 8.00. The SMILES string of the molecule is CCN(CCCNS(=O)(=O)c1ccc2c(c1)NC(=O)C[C@@H](C)S2)c1ccccc1. The number of anilines is 2. The van der Waals surface area contributed by atoms with Gasteiger partial charge in [0.25, 0.3) is 0 Å². The van der Waals surface area contributed by atoms with Gasteiger partial charge in [-0.15, -0.1) is 11.8 Å². The molecule has 3 rings (SSSR count). The van der Waals surface area contributed by atoms with E-state index >= 15 is 0 Å². The molecule has 0 saturated heterocycles. The maximum atomic E-state index is 12.7. The zero-order chi connectivity index (χ0) is 20.9. The molecule has 1 aliphatic rings. The van der Waals surface area contributed by atoms with E-state index in [0.29, 0.717) is 25.1 Å². The molecule has 0 bridgehead atoms. The van der Waals surface area contributed by atoms with E-state index in [9.17, 15) is 13.2 Å². The molecule has 0 unspecified atom stereocenters. The highest BCUT2D eigenvalue weighted by Crippen LogP contribution is 2.36. The molecule has 0 spiro atoms. The third-order valence-corrected chi connectivity index (χ3v) is 7.37. The highest BCUT2D eigenvalue weighted by atomic mass is 32.2. The molecular weight excluding hydrogens is 406 g/mol. The van der Waals surface area contributed by atoms with Crippen molar-refractivity contribution in [3.63, 3.8) is 0 Å². The summed E-state index contributed by atoms with van der Waals surface area (Å²) in [7, 11) is -3.64. The number of benzene rings is 2. The predicted octanol–water partition coefficient (Wildman–Crippen LogP) is 3.70. The lowest BCUT2D eigenvalue weighted by atomic mass is 10.2. The molecule has 1 aliphatic heterocycles. The first-order valence-corrected chi connectivity index (χ1v) is 12.2. The summed E-state index contributed by atoms with van der Waals surface area (Å²) >= 11 is 1.58. The molecule has 6 nitrogen and oxygen atoms in total.